The van der Waals surface area contributed by atoms with Crippen LogP contribution in [0.4, 0.5) is 17.8 Å². The zero-order valence-corrected chi connectivity index (χ0v) is 11.6. The Labute approximate surface area is 116 Å². The van der Waals surface area contributed by atoms with Gasteiger partial charge in [0.15, 0.2) is 0 Å². The molecule has 0 aliphatic rings. The highest BCUT2D eigenvalue weighted by molar-refractivity contribution is 5.67. The summed E-state index contributed by atoms with van der Waals surface area (Å²) in [6.07, 6.45) is -0.0297. The molecule has 0 bridgehead atoms. The van der Waals surface area contributed by atoms with E-state index in [9.17, 15) is 4.79 Å². The molecule has 0 saturated carbocycles. The van der Waals surface area contributed by atoms with E-state index in [2.05, 4.69) is 30.9 Å². The molecule has 9 heteroatoms. The van der Waals surface area contributed by atoms with Crippen LogP contribution < -0.4 is 16.0 Å². The van der Waals surface area contributed by atoms with E-state index in [1.54, 1.807) is 0 Å². The van der Waals surface area contributed by atoms with Gasteiger partial charge in [-0.25, -0.2) is 0 Å². The van der Waals surface area contributed by atoms with Gasteiger partial charge in [-0.1, -0.05) is 0 Å². The van der Waals surface area contributed by atoms with Crippen molar-refractivity contribution in [3.8, 4) is 0 Å². The Morgan fingerprint density at radius 1 is 1.10 bits per heavy atom. The van der Waals surface area contributed by atoms with Crippen molar-refractivity contribution < 1.29 is 15.0 Å². The molecule has 9 nitrogen and oxygen atoms in total. The van der Waals surface area contributed by atoms with Gasteiger partial charge in [-0.05, 0) is 13.8 Å². The summed E-state index contributed by atoms with van der Waals surface area (Å²) in [4.78, 5) is 22.8. The molecule has 0 aliphatic carbocycles. The first kappa shape index (κ1) is 15.9. The Morgan fingerprint density at radius 2 is 1.65 bits per heavy atom. The predicted molar refractivity (Wildman–Crippen MR) is 74.9 cm³/mol. The van der Waals surface area contributed by atoms with E-state index >= 15 is 0 Å². The number of hydrogen-bond donors (Lipinski definition) is 5. The number of aliphatic carboxylic acids is 1. The summed E-state index contributed by atoms with van der Waals surface area (Å²) >= 11 is 0. The first-order valence-electron chi connectivity index (χ1n) is 6.34. The number of aliphatic hydroxyl groups is 1. The van der Waals surface area contributed by atoms with Crippen molar-refractivity contribution in [2.75, 3.05) is 35.6 Å². The number of hydrogen-bond acceptors (Lipinski definition) is 8. The fraction of sp³-hybridized carbons (Fsp3) is 0.636. The number of nitrogens with one attached hydrogen (secondary N) is 3. The molecule has 1 aromatic rings. The second-order valence-corrected chi connectivity index (χ2v) is 4.33. The maximum Gasteiger partial charge on any atom is 0.305 e. The lowest BCUT2D eigenvalue weighted by atomic mass is 10.4. The molecular formula is C11H20N6O3. The number of aliphatic hydroxyl groups excluding tert-OH is 1. The van der Waals surface area contributed by atoms with E-state index < -0.39 is 5.97 Å². The van der Waals surface area contributed by atoms with E-state index in [0.717, 1.165) is 0 Å². The molecule has 0 aliphatic heterocycles. The molecule has 0 aromatic carbocycles. The van der Waals surface area contributed by atoms with Crippen molar-refractivity contribution in [3.63, 3.8) is 0 Å². The highest BCUT2D eigenvalue weighted by Gasteiger charge is 2.07. The van der Waals surface area contributed by atoms with E-state index in [-0.39, 0.29) is 31.6 Å². The summed E-state index contributed by atoms with van der Waals surface area (Å²) in [7, 11) is 0. The number of anilines is 3. The van der Waals surface area contributed by atoms with Gasteiger partial charge in [-0.3, -0.25) is 4.79 Å². The SMILES string of the molecule is CC(C)Nc1nc(NCCO)nc(NCCC(=O)O)n1. The Kier molecular flexibility index (Phi) is 6.44. The van der Waals surface area contributed by atoms with Crippen LogP contribution in [-0.4, -0.2) is 56.9 Å². The topological polar surface area (TPSA) is 132 Å². The van der Waals surface area contributed by atoms with Crippen molar-refractivity contribution in [2.24, 2.45) is 0 Å². The molecule has 20 heavy (non-hydrogen) atoms. The average molecular weight is 284 g/mol. The molecule has 1 aromatic heterocycles. The normalized spacial score (nSPS) is 10.4. The first-order chi connectivity index (χ1) is 9.51. The third-order valence-corrected chi connectivity index (χ3v) is 2.07. The predicted octanol–water partition coefficient (Wildman–Crippen LogP) is -0.0173. The second kappa shape index (κ2) is 8.10. The lowest BCUT2D eigenvalue weighted by molar-refractivity contribution is -0.136. The minimum absolute atomic E-state index is 0.0297. The van der Waals surface area contributed by atoms with E-state index in [0.29, 0.717) is 18.4 Å². The van der Waals surface area contributed by atoms with Crippen LogP contribution in [-0.2, 0) is 4.79 Å². The molecule has 0 atom stereocenters. The van der Waals surface area contributed by atoms with Crippen molar-refractivity contribution in [1.82, 2.24) is 15.0 Å². The van der Waals surface area contributed by atoms with Gasteiger partial charge in [0, 0.05) is 19.1 Å². The fourth-order valence-electron chi connectivity index (χ4n) is 1.31. The molecular weight excluding hydrogens is 264 g/mol. The fourth-order valence-corrected chi connectivity index (χ4v) is 1.31. The van der Waals surface area contributed by atoms with Crippen molar-refractivity contribution in [1.29, 1.82) is 0 Å². The highest BCUT2D eigenvalue weighted by atomic mass is 16.4. The molecule has 5 N–H and O–H groups in total. The van der Waals surface area contributed by atoms with Crippen LogP contribution >= 0.6 is 0 Å². The van der Waals surface area contributed by atoms with Gasteiger partial charge in [0.25, 0.3) is 0 Å². The van der Waals surface area contributed by atoms with Gasteiger partial charge in [0.05, 0.1) is 13.0 Å². The molecule has 0 fully saturated rings. The average Bonchev–Trinajstić information content (AvgIpc) is 2.35. The maximum atomic E-state index is 10.5. The first-order valence-corrected chi connectivity index (χ1v) is 6.34. The summed E-state index contributed by atoms with van der Waals surface area (Å²) in [6.45, 7) is 4.39. The van der Waals surface area contributed by atoms with E-state index in [4.69, 9.17) is 10.2 Å². The number of carboxylic acids is 1. The monoisotopic (exact) mass is 284 g/mol. The molecule has 1 rings (SSSR count). The van der Waals surface area contributed by atoms with Crippen LogP contribution in [0.5, 0.6) is 0 Å². The van der Waals surface area contributed by atoms with Crippen molar-refractivity contribution in [2.45, 2.75) is 26.3 Å². The number of carboxylic acid groups (broad SMARTS) is 1. The van der Waals surface area contributed by atoms with Crippen LogP contribution in [0.1, 0.15) is 20.3 Å². The molecule has 1 heterocycles. The van der Waals surface area contributed by atoms with E-state index in [1.807, 2.05) is 13.8 Å². The number of rotatable bonds is 9. The lowest BCUT2D eigenvalue weighted by Crippen LogP contribution is -2.18. The Bertz CT molecular complexity index is 440. The van der Waals surface area contributed by atoms with Crippen molar-refractivity contribution in [3.05, 3.63) is 0 Å². The number of aromatic nitrogens is 3. The van der Waals surface area contributed by atoms with Crippen LogP contribution in [0.15, 0.2) is 0 Å². The second-order valence-electron chi connectivity index (χ2n) is 4.33. The van der Waals surface area contributed by atoms with Crippen LogP contribution in [0.25, 0.3) is 0 Å². The Hall–Kier alpha value is -2.16. The smallest absolute Gasteiger partial charge is 0.305 e. The van der Waals surface area contributed by atoms with Gasteiger partial charge < -0.3 is 26.2 Å². The molecule has 0 saturated heterocycles. The molecule has 0 spiro atoms. The molecule has 0 radical (unpaired) electrons. The minimum Gasteiger partial charge on any atom is -0.481 e. The van der Waals surface area contributed by atoms with Gasteiger partial charge in [-0.2, -0.15) is 15.0 Å². The lowest BCUT2D eigenvalue weighted by Gasteiger charge is -2.12. The van der Waals surface area contributed by atoms with Crippen LogP contribution in [0.2, 0.25) is 0 Å². The Balaban J connectivity index is 2.76. The standard InChI is InChI=1S/C11H20N6O3/c1-7(2)14-11-16-9(12-4-3-8(19)20)15-10(17-11)13-5-6-18/h7,18H,3-6H2,1-2H3,(H,19,20)(H3,12,13,14,15,16,17). The van der Waals surface area contributed by atoms with E-state index in [1.165, 1.54) is 0 Å². The summed E-state index contributed by atoms with van der Waals surface area (Å²) in [5.41, 5.74) is 0. The maximum absolute atomic E-state index is 10.5. The quantitative estimate of drug-likeness (QED) is 0.424. The van der Waals surface area contributed by atoms with Gasteiger partial charge in [0.1, 0.15) is 0 Å². The molecule has 112 valence electrons. The molecule has 0 unspecified atom stereocenters. The van der Waals surface area contributed by atoms with Gasteiger partial charge in [0.2, 0.25) is 17.8 Å². The number of carbonyl (C=O) groups is 1. The van der Waals surface area contributed by atoms with Crippen LogP contribution in [0.3, 0.4) is 0 Å². The zero-order valence-electron chi connectivity index (χ0n) is 11.6. The molecule has 0 amide bonds. The summed E-state index contributed by atoms with van der Waals surface area (Å²) in [5, 5.41) is 26.1. The van der Waals surface area contributed by atoms with Gasteiger partial charge in [-0.15, -0.1) is 0 Å². The minimum atomic E-state index is -0.897. The largest absolute Gasteiger partial charge is 0.481 e. The third-order valence-electron chi connectivity index (χ3n) is 2.07. The third kappa shape index (κ3) is 6.14. The summed E-state index contributed by atoms with van der Waals surface area (Å²) in [6, 6.07) is 0.148. The van der Waals surface area contributed by atoms with Crippen molar-refractivity contribution >= 4 is 23.8 Å². The summed E-state index contributed by atoms with van der Waals surface area (Å²) in [5.74, 6) is 0.0823. The summed E-state index contributed by atoms with van der Waals surface area (Å²) < 4.78 is 0. The zero-order chi connectivity index (χ0) is 15.0. The van der Waals surface area contributed by atoms with Gasteiger partial charge >= 0.3 is 5.97 Å². The Morgan fingerprint density at radius 3 is 2.15 bits per heavy atom. The van der Waals surface area contributed by atoms with Crippen LogP contribution in [0, 0.1) is 0 Å². The number of nitrogens with zero attached hydrogens (tertiary/aromatic N) is 3. The highest BCUT2D eigenvalue weighted by Crippen LogP contribution is 2.10.